The topological polar surface area (TPSA) is 66.6 Å². The van der Waals surface area contributed by atoms with E-state index in [1.807, 2.05) is 29.7 Å². The first kappa shape index (κ1) is 13.1. The number of hydrogen-bond donors (Lipinski definition) is 2. The zero-order chi connectivity index (χ0) is 14.1. The molecule has 1 fully saturated rings. The van der Waals surface area contributed by atoms with E-state index >= 15 is 0 Å². The summed E-state index contributed by atoms with van der Waals surface area (Å²) in [7, 11) is 0. The molecule has 5 heteroatoms. The molecule has 0 amide bonds. The van der Waals surface area contributed by atoms with Crippen LogP contribution in [0.25, 0.3) is 5.52 Å². The smallest absolute Gasteiger partial charge is 0.356 e. The first-order chi connectivity index (χ1) is 9.65. The van der Waals surface area contributed by atoms with Crippen LogP contribution in [-0.2, 0) is 6.54 Å². The third-order valence-electron chi connectivity index (χ3n) is 3.96. The van der Waals surface area contributed by atoms with Crippen molar-refractivity contribution in [1.29, 1.82) is 0 Å². The molecule has 0 atom stereocenters. The molecule has 2 N–H and O–H groups in total. The maximum absolute atomic E-state index is 11.3. The number of aryl methyl sites for hydroxylation is 1. The number of carboxylic acid groups (broad SMARTS) is 1. The second kappa shape index (κ2) is 5.25. The molecule has 5 nitrogen and oxygen atoms in total. The van der Waals surface area contributed by atoms with Crippen LogP contribution in [0.2, 0.25) is 0 Å². The van der Waals surface area contributed by atoms with E-state index in [9.17, 15) is 9.90 Å². The summed E-state index contributed by atoms with van der Waals surface area (Å²) in [5.74, 6) is -0.202. The van der Waals surface area contributed by atoms with Crippen LogP contribution in [0.5, 0.6) is 0 Å². The van der Waals surface area contributed by atoms with Crippen LogP contribution in [0.15, 0.2) is 18.3 Å². The van der Waals surface area contributed by atoms with Gasteiger partial charge in [0.1, 0.15) is 5.82 Å². The summed E-state index contributed by atoms with van der Waals surface area (Å²) in [5.41, 5.74) is 1.88. The van der Waals surface area contributed by atoms with E-state index in [1.54, 1.807) is 0 Å². The van der Waals surface area contributed by atoms with Crippen molar-refractivity contribution in [1.82, 2.24) is 14.7 Å². The van der Waals surface area contributed by atoms with E-state index in [0.717, 1.165) is 11.4 Å². The summed E-state index contributed by atoms with van der Waals surface area (Å²) in [6.45, 7) is 2.61. The molecule has 2 heterocycles. The fourth-order valence-corrected chi connectivity index (χ4v) is 2.90. The van der Waals surface area contributed by atoms with Crippen molar-refractivity contribution in [2.24, 2.45) is 0 Å². The third-order valence-corrected chi connectivity index (χ3v) is 3.96. The van der Waals surface area contributed by atoms with E-state index in [1.165, 1.54) is 25.7 Å². The number of rotatable bonds is 4. The minimum absolute atomic E-state index is 0.133. The van der Waals surface area contributed by atoms with Crippen LogP contribution in [0.1, 0.15) is 47.6 Å². The van der Waals surface area contributed by atoms with Gasteiger partial charge in [0.2, 0.25) is 0 Å². The number of fused-ring (bicyclic) bond motifs is 1. The van der Waals surface area contributed by atoms with E-state index in [4.69, 9.17) is 0 Å². The first-order valence-electron chi connectivity index (χ1n) is 7.09. The quantitative estimate of drug-likeness (QED) is 0.897. The van der Waals surface area contributed by atoms with Gasteiger partial charge in [-0.2, -0.15) is 0 Å². The van der Waals surface area contributed by atoms with E-state index in [-0.39, 0.29) is 5.69 Å². The predicted octanol–water partition coefficient (Wildman–Crippen LogP) is 2.37. The Morgan fingerprint density at radius 2 is 2.20 bits per heavy atom. The van der Waals surface area contributed by atoms with Gasteiger partial charge in [-0.3, -0.25) is 0 Å². The first-order valence-corrected chi connectivity index (χ1v) is 7.09. The number of nitrogens with one attached hydrogen (secondary N) is 1. The van der Waals surface area contributed by atoms with Crippen molar-refractivity contribution < 1.29 is 9.90 Å². The molecule has 1 aliphatic carbocycles. The van der Waals surface area contributed by atoms with Crippen molar-refractivity contribution >= 4 is 11.5 Å². The van der Waals surface area contributed by atoms with E-state index in [2.05, 4.69) is 10.3 Å². The lowest BCUT2D eigenvalue weighted by Crippen LogP contribution is -2.26. The molecule has 1 saturated carbocycles. The Morgan fingerprint density at radius 3 is 2.90 bits per heavy atom. The second-order valence-corrected chi connectivity index (χ2v) is 5.51. The molecule has 3 rings (SSSR count). The average molecular weight is 273 g/mol. The van der Waals surface area contributed by atoms with Gasteiger partial charge in [0, 0.05) is 12.2 Å². The molecule has 2 aromatic heterocycles. The van der Waals surface area contributed by atoms with Crippen molar-refractivity contribution in [2.45, 2.75) is 45.2 Å². The maximum atomic E-state index is 11.3. The molecular weight excluding hydrogens is 254 g/mol. The zero-order valence-corrected chi connectivity index (χ0v) is 11.6. The molecule has 106 valence electrons. The monoisotopic (exact) mass is 273 g/mol. The second-order valence-electron chi connectivity index (χ2n) is 5.51. The summed E-state index contributed by atoms with van der Waals surface area (Å²) < 4.78 is 1.89. The lowest BCUT2D eigenvalue weighted by atomic mass is 10.2. The lowest BCUT2D eigenvalue weighted by molar-refractivity contribution is 0.0693. The highest BCUT2D eigenvalue weighted by atomic mass is 16.4. The van der Waals surface area contributed by atoms with Gasteiger partial charge in [0.25, 0.3) is 0 Å². The molecule has 0 aromatic carbocycles. The highest BCUT2D eigenvalue weighted by molar-refractivity contribution is 5.93. The van der Waals surface area contributed by atoms with Gasteiger partial charge in [0.05, 0.1) is 12.1 Å². The number of aromatic nitrogens is 2. The SMILES string of the molecule is Cc1ccc2c(C(=O)O)nc(CNC3CCCC3)n2c1. The van der Waals surface area contributed by atoms with Gasteiger partial charge in [-0.15, -0.1) is 0 Å². The molecule has 20 heavy (non-hydrogen) atoms. The summed E-state index contributed by atoms with van der Waals surface area (Å²) >= 11 is 0. The highest BCUT2D eigenvalue weighted by Crippen LogP contribution is 2.19. The molecule has 0 aliphatic heterocycles. The molecular formula is C15H19N3O2. The van der Waals surface area contributed by atoms with Crippen LogP contribution in [0.3, 0.4) is 0 Å². The molecule has 0 spiro atoms. The molecule has 0 bridgehead atoms. The molecule has 0 radical (unpaired) electrons. The van der Waals surface area contributed by atoms with Gasteiger partial charge in [-0.1, -0.05) is 18.9 Å². The number of aromatic carboxylic acids is 1. The van der Waals surface area contributed by atoms with Gasteiger partial charge < -0.3 is 14.8 Å². The average Bonchev–Trinajstić information content (AvgIpc) is 3.03. The summed E-state index contributed by atoms with van der Waals surface area (Å²) in [6, 6.07) is 4.28. The van der Waals surface area contributed by atoms with Crippen LogP contribution >= 0.6 is 0 Å². The Hall–Kier alpha value is -1.88. The number of hydrogen-bond acceptors (Lipinski definition) is 3. The third kappa shape index (κ3) is 2.41. The summed E-state index contributed by atoms with van der Waals surface area (Å²) in [6.07, 6.45) is 6.90. The van der Waals surface area contributed by atoms with Crippen LogP contribution in [0.4, 0.5) is 0 Å². The minimum atomic E-state index is -0.974. The Kier molecular flexibility index (Phi) is 3.44. The van der Waals surface area contributed by atoms with E-state index in [0.29, 0.717) is 18.1 Å². The Bertz CT molecular complexity index is 642. The fraction of sp³-hybridized carbons (Fsp3) is 0.467. The standard InChI is InChI=1S/C15H19N3O2/c1-10-6-7-12-14(15(19)20)17-13(18(12)9-10)8-16-11-4-2-3-5-11/h6-7,9,11,16H,2-5,8H2,1H3,(H,19,20). The predicted molar refractivity (Wildman–Crippen MR) is 76.0 cm³/mol. The molecule has 0 unspecified atom stereocenters. The highest BCUT2D eigenvalue weighted by Gasteiger charge is 2.19. The molecule has 0 saturated heterocycles. The Morgan fingerprint density at radius 1 is 1.45 bits per heavy atom. The van der Waals surface area contributed by atoms with Crippen molar-refractivity contribution in [3.63, 3.8) is 0 Å². The largest absolute Gasteiger partial charge is 0.476 e. The van der Waals surface area contributed by atoms with Crippen LogP contribution < -0.4 is 5.32 Å². The maximum Gasteiger partial charge on any atom is 0.356 e. The van der Waals surface area contributed by atoms with Gasteiger partial charge in [0.15, 0.2) is 5.69 Å². The number of imidazole rings is 1. The minimum Gasteiger partial charge on any atom is -0.476 e. The Balaban J connectivity index is 1.92. The number of nitrogens with zero attached hydrogens (tertiary/aromatic N) is 2. The number of carbonyl (C=O) groups is 1. The van der Waals surface area contributed by atoms with Crippen molar-refractivity contribution in [2.75, 3.05) is 0 Å². The molecule has 2 aromatic rings. The fourth-order valence-electron chi connectivity index (χ4n) is 2.90. The van der Waals surface area contributed by atoms with E-state index < -0.39 is 5.97 Å². The van der Waals surface area contributed by atoms with Crippen molar-refractivity contribution in [3.05, 3.63) is 35.4 Å². The van der Waals surface area contributed by atoms with Crippen LogP contribution in [0, 0.1) is 6.92 Å². The van der Waals surface area contributed by atoms with Gasteiger partial charge in [-0.25, -0.2) is 9.78 Å². The lowest BCUT2D eigenvalue weighted by Gasteiger charge is -2.10. The van der Waals surface area contributed by atoms with Gasteiger partial charge in [-0.05, 0) is 31.4 Å². The van der Waals surface area contributed by atoms with Gasteiger partial charge >= 0.3 is 5.97 Å². The Labute approximate surface area is 117 Å². The number of pyridine rings is 1. The number of carboxylic acids is 1. The van der Waals surface area contributed by atoms with Crippen molar-refractivity contribution in [3.8, 4) is 0 Å². The summed E-state index contributed by atoms with van der Waals surface area (Å²) in [4.78, 5) is 15.6. The zero-order valence-electron chi connectivity index (χ0n) is 11.6. The molecule has 1 aliphatic rings. The summed E-state index contributed by atoms with van der Waals surface area (Å²) in [5, 5.41) is 12.7. The normalized spacial score (nSPS) is 16.1. The van der Waals surface area contributed by atoms with Crippen LogP contribution in [-0.4, -0.2) is 26.5 Å².